The summed E-state index contributed by atoms with van der Waals surface area (Å²) in [5.74, 6) is -0.408. The highest BCUT2D eigenvalue weighted by atomic mass is 19.1. The molecule has 0 bridgehead atoms. The molecule has 0 unspecified atom stereocenters. The van der Waals surface area contributed by atoms with E-state index in [9.17, 15) is 14.0 Å². The summed E-state index contributed by atoms with van der Waals surface area (Å²) in [5.41, 5.74) is 1.57. The molecule has 0 aromatic heterocycles. The Kier molecular flexibility index (Phi) is 7.80. The Morgan fingerprint density at radius 2 is 1.38 bits per heavy atom. The molecule has 0 radical (unpaired) electrons. The van der Waals surface area contributed by atoms with Crippen LogP contribution < -0.4 is 20.1 Å². The molecular weight excluding hydrogens is 411 g/mol. The van der Waals surface area contributed by atoms with E-state index < -0.39 is 11.7 Å². The van der Waals surface area contributed by atoms with E-state index in [-0.39, 0.29) is 12.3 Å². The fourth-order valence-electron chi connectivity index (χ4n) is 3.10. The average Bonchev–Trinajstić information content (AvgIpc) is 2.79. The molecule has 0 saturated heterocycles. The lowest BCUT2D eigenvalue weighted by molar-refractivity contribution is -0.115. The lowest BCUT2D eigenvalue weighted by atomic mass is 10.1. The van der Waals surface area contributed by atoms with Crippen molar-refractivity contribution in [1.29, 1.82) is 0 Å². The molecule has 0 atom stereocenters. The Hall–Kier alpha value is -3.87. The predicted octanol–water partition coefficient (Wildman–Crippen LogP) is 5.06. The second-order valence-corrected chi connectivity index (χ2v) is 6.85. The number of halogens is 1. The van der Waals surface area contributed by atoms with E-state index in [0.717, 1.165) is 0 Å². The van der Waals surface area contributed by atoms with Crippen LogP contribution in [0.15, 0.2) is 66.7 Å². The van der Waals surface area contributed by atoms with Crippen molar-refractivity contribution >= 4 is 23.2 Å². The third-order valence-corrected chi connectivity index (χ3v) is 4.55. The van der Waals surface area contributed by atoms with Crippen LogP contribution in [0.1, 0.15) is 29.8 Å². The van der Waals surface area contributed by atoms with Gasteiger partial charge in [-0.3, -0.25) is 9.59 Å². The van der Waals surface area contributed by atoms with Crippen LogP contribution >= 0.6 is 0 Å². The number of rotatable bonds is 9. The Morgan fingerprint density at radius 1 is 0.812 bits per heavy atom. The first-order valence-electron chi connectivity index (χ1n) is 10.3. The van der Waals surface area contributed by atoms with Gasteiger partial charge in [0.2, 0.25) is 5.91 Å². The summed E-state index contributed by atoms with van der Waals surface area (Å²) < 4.78 is 25.3. The van der Waals surface area contributed by atoms with Crippen molar-refractivity contribution in [3.8, 4) is 11.5 Å². The second-order valence-electron chi connectivity index (χ2n) is 6.85. The largest absolute Gasteiger partial charge is 0.492 e. The normalized spacial score (nSPS) is 10.3. The zero-order valence-electron chi connectivity index (χ0n) is 18.0. The van der Waals surface area contributed by atoms with Crippen LogP contribution in [0.3, 0.4) is 0 Å². The van der Waals surface area contributed by atoms with E-state index in [2.05, 4.69) is 10.6 Å². The Morgan fingerprint density at radius 3 is 1.97 bits per heavy atom. The molecule has 0 aliphatic heterocycles. The fourth-order valence-corrected chi connectivity index (χ4v) is 3.10. The number of nitrogens with one attached hydrogen (secondary N) is 2. The predicted molar refractivity (Wildman–Crippen MR) is 122 cm³/mol. The van der Waals surface area contributed by atoms with Gasteiger partial charge in [-0.15, -0.1) is 0 Å². The molecule has 3 rings (SSSR count). The molecule has 3 aromatic rings. The molecule has 0 aliphatic carbocycles. The molecule has 166 valence electrons. The first kappa shape index (κ1) is 22.8. The molecular formula is C25H25FN2O4. The van der Waals surface area contributed by atoms with Gasteiger partial charge in [-0.05, 0) is 37.6 Å². The maximum absolute atomic E-state index is 13.9. The van der Waals surface area contributed by atoms with Gasteiger partial charge in [0.05, 0.1) is 31.0 Å². The van der Waals surface area contributed by atoms with Gasteiger partial charge in [-0.25, -0.2) is 4.39 Å². The monoisotopic (exact) mass is 436 g/mol. The van der Waals surface area contributed by atoms with Crippen LogP contribution in [-0.2, 0) is 11.2 Å². The van der Waals surface area contributed by atoms with E-state index >= 15 is 0 Å². The number of amides is 2. The summed E-state index contributed by atoms with van der Waals surface area (Å²) in [5, 5.41) is 5.59. The molecule has 32 heavy (non-hydrogen) atoms. The minimum Gasteiger partial charge on any atom is -0.492 e. The third kappa shape index (κ3) is 5.85. The van der Waals surface area contributed by atoms with Crippen molar-refractivity contribution in [1.82, 2.24) is 0 Å². The van der Waals surface area contributed by atoms with Crippen molar-refractivity contribution in [2.24, 2.45) is 0 Å². The summed E-state index contributed by atoms with van der Waals surface area (Å²) in [6.45, 7) is 4.32. The number of ether oxygens (including phenoxy) is 2. The maximum atomic E-state index is 13.9. The van der Waals surface area contributed by atoms with Gasteiger partial charge in [-0.1, -0.05) is 36.4 Å². The maximum Gasteiger partial charge on any atom is 0.255 e. The van der Waals surface area contributed by atoms with Crippen molar-refractivity contribution in [3.63, 3.8) is 0 Å². The third-order valence-electron chi connectivity index (χ3n) is 4.55. The van der Waals surface area contributed by atoms with Crippen LogP contribution in [0, 0.1) is 5.82 Å². The fraction of sp³-hybridized carbons (Fsp3) is 0.200. The highest BCUT2D eigenvalue weighted by Gasteiger charge is 2.17. The van der Waals surface area contributed by atoms with Gasteiger partial charge in [0, 0.05) is 17.7 Å². The molecule has 0 spiro atoms. The van der Waals surface area contributed by atoms with E-state index in [1.807, 2.05) is 19.9 Å². The summed E-state index contributed by atoms with van der Waals surface area (Å²) in [6, 6.07) is 18.1. The zero-order chi connectivity index (χ0) is 22.9. The summed E-state index contributed by atoms with van der Waals surface area (Å²) in [6.07, 6.45) is -0.130. The number of anilines is 2. The molecule has 0 saturated carbocycles. The summed E-state index contributed by atoms with van der Waals surface area (Å²) in [7, 11) is 0. The molecule has 0 heterocycles. The van der Waals surface area contributed by atoms with Crippen molar-refractivity contribution in [3.05, 3.63) is 83.7 Å². The molecule has 3 aromatic carbocycles. The highest BCUT2D eigenvalue weighted by Crippen LogP contribution is 2.37. The Balaban J connectivity index is 1.87. The van der Waals surface area contributed by atoms with Gasteiger partial charge in [0.1, 0.15) is 17.3 Å². The van der Waals surface area contributed by atoms with E-state index in [1.165, 1.54) is 6.07 Å². The Bertz CT molecular complexity index is 1090. The molecule has 0 aliphatic rings. The van der Waals surface area contributed by atoms with E-state index in [1.54, 1.807) is 54.6 Å². The highest BCUT2D eigenvalue weighted by molar-refractivity contribution is 6.05. The molecule has 0 fully saturated rings. The lowest BCUT2D eigenvalue weighted by Gasteiger charge is -2.18. The average molecular weight is 436 g/mol. The zero-order valence-corrected chi connectivity index (χ0v) is 18.0. The minimum absolute atomic E-state index is 0.130. The number of hydrogen-bond donors (Lipinski definition) is 2. The van der Waals surface area contributed by atoms with Crippen LogP contribution in [0.5, 0.6) is 11.5 Å². The second kappa shape index (κ2) is 10.9. The van der Waals surface area contributed by atoms with E-state index in [0.29, 0.717) is 47.2 Å². The van der Waals surface area contributed by atoms with Crippen molar-refractivity contribution in [2.75, 3.05) is 23.8 Å². The number of hydrogen-bond acceptors (Lipinski definition) is 4. The number of benzene rings is 3. The lowest BCUT2D eigenvalue weighted by Crippen LogP contribution is -2.17. The first-order valence-corrected chi connectivity index (χ1v) is 10.3. The summed E-state index contributed by atoms with van der Waals surface area (Å²) >= 11 is 0. The molecule has 2 N–H and O–H groups in total. The standard InChI is InChI=1S/C25H25FN2O4/c1-3-31-22-16-21(28-25(30)17-10-6-5-7-11-17)23(32-4-2)15-20(22)27-24(29)14-18-12-8-9-13-19(18)26/h5-13,15-16H,3-4,14H2,1-2H3,(H,27,29)(H,28,30). The van der Waals surface area contributed by atoms with Gasteiger partial charge in [0.15, 0.2) is 0 Å². The first-order chi connectivity index (χ1) is 15.5. The van der Waals surface area contributed by atoms with Gasteiger partial charge in [-0.2, -0.15) is 0 Å². The quantitative estimate of drug-likeness (QED) is 0.492. The van der Waals surface area contributed by atoms with Crippen LogP contribution in [-0.4, -0.2) is 25.0 Å². The molecule has 2 amide bonds. The van der Waals surface area contributed by atoms with Gasteiger partial charge in [0.25, 0.3) is 5.91 Å². The molecule has 6 nitrogen and oxygen atoms in total. The van der Waals surface area contributed by atoms with Gasteiger partial charge >= 0.3 is 0 Å². The van der Waals surface area contributed by atoms with Crippen molar-refractivity contribution in [2.45, 2.75) is 20.3 Å². The SMILES string of the molecule is CCOc1cc(NC(=O)c2ccccc2)c(OCC)cc1NC(=O)Cc1ccccc1F. The smallest absolute Gasteiger partial charge is 0.255 e. The van der Waals surface area contributed by atoms with Gasteiger partial charge < -0.3 is 20.1 Å². The Labute approximate surface area is 186 Å². The number of carbonyl (C=O) groups excluding carboxylic acids is 2. The van der Waals surface area contributed by atoms with Crippen LogP contribution in [0.2, 0.25) is 0 Å². The van der Waals surface area contributed by atoms with Crippen LogP contribution in [0.25, 0.3) is 0 Å². The van der Waals surface area contributed by atoms with E-state index in [4.69, 9.17) is 9.47 Å². The molecule has 7 heteroatoms. The summed E-state index contributed by atoms with van der Waals surface area (Å²) in [4.78, 5) is 25.2. The number of carbonyl (C=O) groups is 2. The van der Waals surface area contributed by atoms with Crippen LogP contribution in [0.4, 0.5) is 15.8 Å². The minimum atomic E-state index is -0.443. The van der Waals surface area contributed by atoms with Crippen molar-refractivity contribution < 1.29 is 23.5 Å². The topological polar surface area (TPSA) is 76.7 Å².